The molecule has 0 bridgehead atoms. The van der Waals surface area contributed by atoms with Crippen molar-refractivity contribution in [1.29, 1.82) is 0 Å². The summed E-state index contributed by atoms with van der Waals surface area (Å²) in [6.45, 7) is 1.68. The summed E-state index contributed by atoms with van der Waals surface area (Å²) in [6, 6.07) is 4.71. The predicted octanol–water partition coefficient (Wildman–Crippen LogP) is 2.37. The van der Waals surface area contributed by atoms with Crippen LogP contribution in [0.25, 0.3) is 0 Å². The third kappa shape index (κ3) is 3.16. The van der Waals surface area contributed by atoms with Crippen LogP contribution in [0.2, 0.25) is 0 Å². The molecule has 1 atom stereocenters. The van der Waals surface area contributed by atoms with Crippen LogP contribution >= 0.6 is 22.6 Å². The second-order valence-corrected chi connectivity index (χ2v) is 5.21. The number of anilines is 1. The van der Waals surface area contributed by atoms with Crippen LogP contribution in [-0.2, 0) is 4.79 Å². The number of rotatable bonds is 2. The topological polar surface area (TPSA) is 41.1 Å². The van der Waals surface area contributed by atoms with E-state index in [-0.39, 0.29) is 17.6 Å². The smallest absolute Gasteiger partial charge is 0.228 e. The summed E-state index contributed by atoms with van der Waals surface area (Å²) in [6.07, 6.45) is 1.91. The first-order valence-corrected chi connectivity index (χ1v) is 6.72. The molecular formula is C12H14FIN2O. The van der Waals surface area contributed by atoms with Gasteiger partial charge in [-0.2, -0.15) is 0 Å². The lowest BCUT2D eigenvalue weighted by molar-refractivity contribution is -0.120. The van der Waals surface area contributed by atoms with E-state index in [9.17, 15) is 9.18 Å². The average molecular weight is 348 g/mol. The maximum absolute atomic E-state index is 13.3. The minimum atomic E-state index is -0.301. The Morgan fingerprint density at radius 3 is 3.06 bits per heavy atom. The van der Waals surface area contributed by atoms with E-state index < -0.39 is 0 Å². The summed E-state index contributed by atoms with van der Waals surface area (Å²) in [5.41, 5.74) is 0.557. The minimum absolute atomic E-state index is 0.0113. The van der Waals surface area contributed by atoms with Gasteiger partial charge in [0.2, 0.25) is 5.91 Å². The Balaban J connectivity index is 2.04. The number of carbonyl (C=O) groups excluding carboxylic acids is 1. The second kappa shape index (κ2) is 5.77. The summed E-state index contributed by atoms with van der Waals surface area (Å²) in [5, 5.41) is 5.99. The first kappa shape index (κ1) is 12.8. The summed E-state index contributed by atoms with van der Waals surface area (Å²) < 4.78 is 13.8. The van der Waals surface area contributed by atoms with Crippen LogP contribution < -0.4 is 10.6 Å². The number of carbonyl (C=O) groups is 1. The molecule has 1 amide bonds. The molecule has 0 aliphatic carbocycles. The zero-order valence-corrected chi connectivity index (χ0v) is 11.5. The molecule has 1 fully saturated rings. The molecule has 0 unspecified atom stereocenters. The van der Waals surface area contributed by atoms with E-state index in [2.05, 4.69) is 10.6 Å². The normalized spacial score (nSPS) is 20.0. The number of hydrogen-bond acceptors (Lipinski definition) is 2. The number of hydrogen-bond donors (Lipinski definition) is 2. The highest BCUT2D eigenvalue weighted by atomic mass is 127. The molecule has 0 spiro atoms. The van der Waals surface area contributed by atoms with Gasteiger partial charge in [0.25, 0.3) is 0 Å². The van der Waals surface area contributed by atoms with Crippen LogP contribution in [0.5, 0.6) is 0 Å². The van der Waals surface area contributed by atoms with Crippen LogP contribution in [0.15, 0.2) is 18.2 Å². The van der Waals surface area contributed by atoms with Crippen molar-refractivity contribution in [2.45, 2.75) is 12.8 Å². The fourth-order valence-corrected chi connectivity index (χ4v) is 2.41. The van der Waals surface area contributed by atoms with Gasteiger partial charge in [-0.3, -0.25) is 4.79 Å². The van der Waals surface area contributed by atoms with Crippen molar-refractivity contribution in [3.63, 3.8) is 0 Å². The molecule has 17 heavy (non-hydrogen) atoms. The van der Waals surface area contributed by atoms with Gasteiger partial charge >= 0.3 is 0 Å². The summed E-state index contributed by atoms with van der Waals surface area (Å²) in [5.74, 6) is -0.339. The van der Waals surface area contributed by atoms with Crippen molar-refractivity contribution in [3.8, 4) is 0 Å². The van der Waals surface area contributed by atoms with Gasteiger partial charge in [-0.15, -0.1) is 0 Å². The molecule has 0 radical (unpaired) electrons. The quantitative estimate of drug-likeness (QED) is 0.806. The van der Waals surface area contributed by atoms with Crippen LogP contribution in [0, 0.1) is 15.3 Å². The van der Waals surface area contributed by atoms with Crippen molar-refractivity contribution in [2.75, 3.05) is 18.4 Å². The van der Waals surface area contributed by atoms with Crippen molar-refractivity contribution >= 4 is 34.2 Å². The number of amides is 1. The molecule has 5 heteroatoms. The Bertz CT molecular complexity index is 419. The van der Waals surface area contributed by atoms with Crippen molar-refractivity contribution < 1.29 is 9.18 Å². The zero-order chi connectivity index (χ0) is 12.3. The van der Waals surface area contributed by atoms with Gasteiger partial charge in [-0.1, -0.05) is 6.07 Å². The molecular weight excluding hydrogens is 334 g/mol. The molecule has 1 aliphatic rings. The molecule has 1 aliphatic heterocycles. The highest BCUT2D eigenvalue weighted by Gasteiger charge is 2.21. The molecule has 1 heterocycles. The minimum Gasteiger partial charge on any atom is -0.325 e. The summed E-state index contributed by atoms with van der Waals surface area (Å²) in [7, 11) is 0. The van der Waals surface area contributed by atoms with E-state index in [0.717, 1.165) is 19.4 Å². The van der Waals surface area contributed by atoms with E-state index in [1.165, 1.54) is 6.07 Å². The molecule has 92 valence electrons. The number of nitrogens with one attached hydrogen (secondary N) is 2. The van der Waals surface area contributed by atoms with Crippen molar-refractivity contribution in [3.05, 3.63) is 27.6 Å². The Morgan fingerprint density at radius 2 is 2.35 bits per heavy atom. The van der Waals surface area contributed by atoms with Crippen molar-refractivity contribution in [1.82, 2.24) is 5.32 Å². The van der Waals surface area contributed by atoms with Crippen LogP contribution in [0.1, 0.15) is 12.8 Å². The SMILES string of the molecule is O=C(Nc1cccc(F)c1I)[C@@H]1CCCNC1. The van der Waals surface area contributed by atoms with E-state index in [0.29, 0.717) is 15.8 Å². The number of halogens is 2. The van der Waals surface area contributed by atoms with Gasteiger partial charge in [0.1, 0.15) is 5.82 Å². The van der Waals surface area contributed by atoms with E-state index in [1.54, 1.807) is 12.1 Å². The maximum Gasteiger partial charge on any atom is 0.228 e. The lowest BCUT2D eigenvalue weighted by Crippen LogP contribution is -2.37. The second-order valence-electron chi connectivity index (χ2n) is 4.13. The molecule has 1 aromatic carbocycles. The molecule has 2 rings (SSSR count). The Morgan fingerprint density at radius 1 is 1.53 bits per heavy atom. The molecule has 2 N–H and O–H groups in total. The maximum atomic E-state index is 13.3. The lowest BCUT2D eigenvalue weighted by atomic mass is 9.99. The summed E-state index contributed by atoms with van der Waals surface area (Å²) >= 11 is 1.90. The number of benzene rings is 1. The third-order valence-electron chi connectivity index (χ3n) is 2.88. The van der Waals surface area contributed by atoms with Gasteiger partial charge in [0.15, 0.2) is 0 Å². The predicted molar refractivity (Wildman–Crippen MR) is 73.3 cm³/mol. The molecule has 0 saturated carbocycles. The van der Waals surface area contributed by atoms with E-state index in [4.69, 9.17) is 0 Å². The van der Waals surface area contributed by atoms with E-state index in [1.807, 2.05) is 22.6 Å². The molecule has 1 saturated heterocycles. The van der Waals surface area contributed by atoms with Gasteiger partial charge < -0.3 is 10.6 Å². The average Bonchev–Trinajstić information content (AvgIpc) is 2.36. The summed E-state index contributed by atoms with van der Waals surface area (Å²) in [4.78, 5) is 12.0. The van der Waals surface area contributed by atoms with E-state index >= 15 is 0 Å². The van der Waals surface area contributed by atoms with Gasteiger partial charge in [-0.05, 0) is 54.1 Å². The highest BCUT2D eigenvalue weighted by molar-refractivity contribution is 14.1. The lowest BCUT2D eigenvalue weighted by Gasteiger charge is -2.22. The molecule has 1 aromatic rings. The third-order valence-corrected chi connectivity index (χ3v) is 3.97. The van der Waals surface area contributed by atoms with Gasteiger partial charge in [-0.25, -0.2) is 4.39 Å². The van der Waals surface area contributed by atoms with Crippen molar-refractivity contribution in [2.24, 2.45) is 5.92 Å². The van der Waals surface area contributed by atoms with Crippen LogP contribution in [-0.4, -0.2) is 19.0 Å². The fraction of sp³-hybridized carbons (Fsp3) is 0.417. The Hall–Kier alpha value is -0.690. The monoisotopic (exact) mass is 348 g/mol. The highest BCUT2D eigenvalue weighted by Crippen LogP contribution is 2.22. The fourth-order valence-electron chi connectivity index (χ4n) is 1.91. The molecule has 0 aromatic heterocycles. The molecule has 3 nitrogen and oxygen atoms in total. The Kier molecular flexibility index (Phi) is 4.33. The first-order chi connectivity index (χ1) is 8.18. The van der Waals surface area contributed by atoms with Gasteiger partial charge in [0.05, 0.1) is 15.2 Å². The van der Waals surface area contributed by atoms with Gasteiger partial charge in [0, 0.05) is 6.54 Å². The van der Waals surface area contributed by atoms with Crippen LogP contribution in [0.4, 0.5) is 10.1 Å². The number of piperidine rings is 1. The Labute approximate surface area is 113 Å². The first-order valence-electron chi connectivity index (χ1n) is 5.64. The standard InChI is InChI=1S/C12H14FIN2O/c13-9-4-1-5-10(11(9)14)16-12(17)8-3-2-6-15-7-8/h1,4-5,8,15H,2-3,6-7H2,(H,16,17)/t8-/m1/s1. The largest absolute Gasteiger partial charge is 0.325 e. The zero-order valence-electron chi connectivity index (χ0n) is 9.30. The van der Waals surface area contributed by atoms with Crippen LogP contribution in [0.3, 0.4) is 0 Å².